The standard InChI is InChI=1S/C26H26ClN7O6S/c1-2-39-13-14-40-26(36)32-11-9-18(10-12-32)33-24-19(15-28-33)23(29-22(30-24)16-3-5-17(27)6-4-16)31-25(35)20-7-8-21(41-20)34(37)38/h3-8,15,18H,2,9-14H2,1H3,(H,29,30,31,35). The van der Waals surface area contributed by atoms with E-state index in [0.717, 1.165) is 11.3 Å². The van der Waals surface area contributed by atoms with Crippen LogP contribution in [0.3, 0.4) is 0 Å². The molecule has 4 heterocycles. The second-order valence-corrected chi connectivity index (χ2v) is 10.6. The lowest BCUT2D eigenvalue weighted by Gasteiger charge is -2.31. The maximum absolute atomic E-state index is 13.0. The van der Waals surface area contributed by atoms with Crippen molar-refractivity contribution in [1.29, 1.82) is 0 Å². The van der Waals surface area contributed by atoms with Crippen LogP contribution >= 0.6 is 22.9 Å². The van der Waals surface area contributed by atoms with E-state index in [0.29, 0.717) is 66.6 Å². The second kappa shape index (κ2) is 12.6. The molecule has 0 bridgehead atoms. The maximum Gasteiger partial charge on any atom is 0.409 e. The number of nitrogens with zero attached hydrogens (tertiary/aromatic N) is 6. The number of hydrogen-bond acceptors (Lipinski definition) is 10. The van der Waals surface area contributed by atoms with Gasteiger partial charge in [0.25, 0.3) is 5.91 Å². The second-order valence-electron chi connectivity index (χ2n) is 9.11. The Morgan fingerprint density at radius 3 is 2.59 bits per heavy atom. The lowest BCUT2D eigenvalue weighted by molar-refractivity contribution is -0.380. The number of amides is 2. The SMILES string of the molecule is CCOCCOC(=O)N1CCC(n2ncc3c(NC(=O)c4ccc([N+](=O)[O-])s4)nc(-c4ccc(Cl)cc4)nc32)CC1. The Kier molecular flexibility index (Phi) is 8.71. The molecule has 0 spiro atoms. The lowest BCUT2D eigenvalue weighted by atomic mass is 10.1. The molecule has 1 saturated heterocycles. The van der Waals surface area contributed by atoms with Crippen LogP contribution in [0.25, 0.3) is 22.4 Å². The fourth-order valence-corrected chi connectivity index (χ4v) is 5.29. The molecule has 15 heteroatoms. The van der Waals surface area contributed by atoms with E-state index in [1.54, 1.807) is 40.0 Å². The predicted molar refractivity (Wildman–Crippen MR) is 152 cm³/mol. The molecule has 4 aromatic rings. The van der Waals surface area contributed by atoms with Gasteiger partial charge in [0, 0.05) is 36.3 Å². The van der Waals surface area contributed by atoms with Gasteiger partial charge in [-0.2, -0.15) is 5.10 Å². The van der Waals surface area contributed by atoms with Crippen LogP contribution < -0.4 is 5.32 Å². The van der Waals surface area contributed by atoms with E-state index in [2.05, 4.69) is 15.4 Å². The van der Waals surface area contributed by atoms with Gasteiger partial charge in [0.05, 0.1) is 34.0 Å². The third-order valence-electron chi connectivity index (χ3n) is 6.51. The molecule has 1 aliphatic rings. The zero-order valence-corrected chi connectivity index (χ0v) is 23.6. The smallest absolute Gasteiger partial charge is 0.409 e. The van der Waals surface area contributed by atoms with Crippen LogP contribution in [-0.2, 0) is 9.47 Å². The number of rotatable bonds is 9. The number of nitro groups is 1. The van der Waals surface area contributed by atoms with E-state index in [-0.39, 0.29) is 34.4 Å². The van der Waals surface area contributed by atoms with Crippen molar-refractivity contribution in [2.45, 2.75) is 25.8 Å². The van der Waals surface area contributed by atoms with Gasteiger partial charge in [-0.3, -0.25) is 14.9 Å². The monoisotopic (exact) mass is 599 g/mol. The van der Waals surface area contributed by atoms with E-state index in [1.165, 1.54) is 12.1 Å². The molecule has 214 valence electrons. The van der Waals surface area contributed by atoms with E-state index in [9.17, 15) is 19.7 Å². The number of fused-ring (bicyclic) bond motifs is 1. The van der Waals surface area contributed by atoms with Crippen LogP contribution in [0.4, 0.5) is 15.6 Å². The van der Waals surface area contributed by atoms with E-state index < -0.39 is 10.8 Å². The molecule has 1 fully saturated rings. The van der Waals surface area contributed by atoms with Crippen LogP contribution in [0, 0.1) is 10.1 Å². The first-order valence-corrected chi connectivity index (χ1v) is 14.1. The Morgan fingerprint density at radius 2 is 1.90 bits per heavy atom. The summed E-state index contributed by atoms with van der Waals surface area (Å²) in [6.45, 7) is 3.96. The maximum atomic E-state index is 13.0. The van der Waals surface area contributed by atoms with Crippen LogP contribution in [0.1, 0.15) is 35.5 Å². The highest BCUT2D eigenvalue weighted by molar-refractivity contribution is 7.17. The normalized spacial score (nSPS) is 13.9. The van der Waals surface area contributed by atoms with Gasteiger partial charge in [0.1, 0.15) is 12.4 Å². The summed E-state index contributed by atoms with van der Waals surface area (Å²) < 4.78 is 12.3. The Hall–Kier alpha value is -4.14. The van der Waals surface area contributed by atoms with Crippen LogP contribution in [0.2, 0.25) is 5.02 Å². The summed E-state index contributed by atoms with van der Waals surface area (Å²) in [6.07, 6.45) is 2.46. The van der Waals surface area contributed by atoms with Crippen molar-refractivity contribution in [3.63, 3.8) is 0 Å². The molecule has 0 atom stereocenters. The third kappa shape index (κ3) is 6.45. The topological polar surface area (TPSA) is 155 Å². The minimum atomic E-state index is -0.543. The first-order valence-electron chi connectivity index (χ1n) is 12.9. The van der Waals surface area contributed by atoms with Crippen molar-refractivity contribution in [3.05, 3.63) is 62.6 Å². The number of nitrogens with one attached hydrogen (secondary N) is 1. The number of benzene rings is 1. The quantitative estimate of drug-likeness (QED) is 0.156. The average Bonchev–Trinajstić information content (AvgIpc) is 3.64. The first kappa shape index (κ1) is 28.4. The molecule has 2 amide bonds. The zero-order chi connectivity index (χ0) is 28.9. The largest absolute Gasteiger partial charge is 0.447 e. The van der Waals surface area contributed by atoms with Crippen molar-refractivity contribution in [3.8, 4) is 11.4 Å². The predicted octanol–water partition coefficient (Wildman–Crippen LogP) is 5.18. The molecule has 0 saturated carbocycles. The minimum absolute atomic E-state index is 0.0589. The molecule has 13 nitrogen and oxygen atoms in total. The Balaban J connectivity index is 1.41. The summed E-state index contributed by atoms with van der Waals surface area (Å²) in [5.74, 6) is 0.0373. The third-order valence-corrected chi connectivity index (χ3v) is 7.80. The number of halogens is 1. The molecule has 1 N–H and O–H groups in total. The van der Waals surface area contributed by atoms with Gasteiger partial charge < -0.3 is 19.7 Å². The first-order chi connectivity index (χ1) is 19.8. The van der Waals surface area contributed by atoms with Crippen LogP contribution in [-0.4, -0.2) is 74.5 Å². The summed E-state index contributed by atoms with van der Waals surface area (Å²) in [4.78, 5) is 47.2. The number of ether oxygens (including phenoxy) is 2. The number of hydrogen-bond donors (Lipinski definition) is 1. The van der Waals surface area contributed by atoms with E-state index in [1.807, 2.05) is 6.92 Å². The Bertz CT molecular complexity index is 1570. The van der Waals surface area contributed by atoms with Gasteiger partial charge in [-0.05, 0) is 50.1 Å². The van der Waals surface area contributed by atoms with Gasteiger partial charge in [-0.1, -0.05) is 22.9 Å². The molecular weight excluding hydrogens is 574 g/mol. The minimum Gasteiger partial charge on any atom is -0.447 e. The number of thiophene rings is 1. The fraction of sp³-hybridized carbons (Fsp3) is 0.346. The van der Waals surface area contributed by atoms with Crippen LogP contribution in [0.15, 0.2) is 42.6 Å². The summed E-state index contributed by atoms with van der Waals surface area (Å²) in [5.41, 5.74) is 1.19. The highest BCUT2D eigenvalue weighted by Gasteiger charge is 2.28. The highest BCUT2D eigenvalue weighted by Crippen LogP contribution is 2.32. The number of carbonyl (C=O) groups is 2. The summed E-state index contributed by atoms with van der Waals surface area (Å²) >= 11 is 6.84. The van der Waals surface area contributed by atoms with Crippen molar-refractivity contribution in [1.82, 2.24) is 24.6 Å². The van der Waals surface area contributed by atoms with Crippen LogP contribution in [0.5, 0.6) is 0 Å². The number of anilines is 1. The van der Waals surface area contributed by atoms with Crippen molar-refractivity contribution in [2.75, 3.05) is 38.2 Å². The van der Waals surface area contributed by atoms with Gasteiger partial charge in [0.2, 0.25) is 0 Å². The molecule has 0 unspecified atom stereocenters. The van der Waals surface area contributed by atoms with Crippen molar-refractivity contribution >= 4 is 56.8 Å². The molecule has 3 aromatic heterocycles. The molecular formula is C26H26ClN7O6S. The Labute approximate surface area is 243 Å². The van der Waals surface area contributed by atoms with Gasteiger partial charge >= 0.3 is 11.1 Å². The van der Waals surface area contributed by atoms with E-state index >= 15 is 0 Å². The van der Waals surface area contributed by atoms with Gasteiger partial charge in [-0.15, -0.1) is 0 Å². The highest BCUT2D eigenvalue weighted by atomic mass is 35.5. The molecule has 0 radical (unpaired) electrons. The zero-order valence-electron chi connectivity index (χ0n) is 22.0. The van der Waals surface area contributed by atoms with E-state index in [4.69, 9.17) is 26.1 Å². The Morgan fingerprint density at radius 1 is 1.15 bits per heavy atom. The fourth-order valence-electron chi connectivity index (χ4n) is 4.45. The number of piperidine rings is 1. The molecule has 0 aliphatic carbocycles. The summed E-state index contributed by atoms with van der Waals surface area (Å²) in [5, 5.41) is 19.4. The number of aromatic nitrogens is 4. The van der Waals surface area contributed by atoms with Gasteiger partial charge in [-0.25, -0.2) is 19.4 Å². The van der Waals surface area contributed by atoms with Crippen molar-refractivity contribution < 1.29 is 24.0 Å². The number of likely N-dealkylation sites (tertiary alicyclic amines) is 1. The summed E-state index contributed by atoms with van der Waals surface area (Å²) in [6, 6.07) is 9.60. The molecule has 5 rings (SSSR count). The molecule has 41 heavy (non-hydrogen) atoms. The average molecular weight is 600 g/mol. The van der Waals surface area contributed by atoms with Gasteiger partial charge in [0.15, 0.2) is 11.5 Å². The lowest BCUT2D eigenvalue weighted by Crippen LogP contribution is -2.40. The molecule has 1 aliphatic heterocycles. The van der Waals surface area contributed by atoms with Crippen molar-refractivity contribution in [2.24, 2.45) is 0 Å². The molecule has 1 aromatic carbocycles. The number of carbonyl (C=O) groups excluding carboxylic acids is 2. The summed E-state index contributed by atoms with van der Waals surface area (Å²) in [7, 11) is 0.